The monoisotopic (exact) mass is 387 g/mol. The summed E-state index contributed by atoms with van der Waals surface area (Å²) in [7, 11) is 0. The van der Waals surface area contributed by atoms with E-state index < -0.39 is 5.97 Å². The smallest absolute Gasteiger partial charge is 0.315 e. The fourth-order valence-corrected chi connectivity index (χ4v) is 4.22. The highest BCUT2D eigenvalue weighted by Crippen LogP contribution is 2.24. The van der Waals surface area contributed by atoms with Crippen molar-refractivity contribution in [2.45, 2.75) is 70.5 Å². The van der Waals surface area contributed by atoms with Crippen LogP contribution in [-0.2, 0) is 17.9 Å². The zero-order valence-corrected chi connectivity index (χ0v) is 16.7. The Morgan fingerprint density at radius 1 is 0.929 bits per heavy atom. The molecule has 1 aliphatic carbocycles. The molecule has 0 atom stereocenters. The van der Waals surface area contributed by atoms with Crippen molar-refractivity contribution < 1.29 is 14.7 Å². The zero-order valence-electron chi connectivity index (χ0n) is 16.7. The van der Waals surface area contributed by atoms with Crippen molar-refractivity contribution in [2.24, 2.45) is 5.92 Å². The molecule has 0 bridgehead atoms. The number of rotatable bonds is 6. The van der Waals surface area contributed by atoms with Crippen LogP contribution in [0.25, 0.3) is 0 Å². The summed E-state index contributed by atoms with van der Waals surface area (Å²) in [6.07, 6.45) is 8.04. The highest BCUT2D eigenvalue weighted by Gasteiger charge is 2.26. The van der Waals surface area contributed by atoms with E-state index in [9.17, 15) is 9.59 Å². The van der Waals surface area contributed by atoms with Crippen LogP contribution in [0.2, 0.25) is 0 Å². The fraction of sp³-hybridized carbons (Fsp3) is 0.636. The Morgan fingerprint density at radius 2 is 1.54 bits per heavy atom. The van der Waals surface area contributed by atoms with Gasteiger partial charge in [-0.05, 0) is 62.7 Å². The number of carbonyl (C=O) groups excluding carboxylic acids is 1. The average molecular weight is 388 g/mol. The molecule has 6 nitrogen and oxygen atoms in total. The molecule has 6 heteroatoms. The third kappa shape index (κ3) is 6.51. The second-order valence-electron chi connectivity index (χ2n) is 8.22. The van der Waals surface area contributed by atoms with Crippen LogP contribution < -0.4 is 10.6 Å². The standard InChI is InChI=1S/C22H33N3O3/c26-21(27)19-9-11-20(12-10-19)24-22(28)23-15-17-5-7-18(8-6-17)16-25-13-3-1-2-4-14-25/h5-8,19-20H,1-4,9-16H2,(H,26,27)(H2,23,24,28). The van der Waals surface area contributed by atoms with Crippen LogP contribution in [0, 0.1) is 5.92 Å². The largest absolute Gasteiger partial charge is 0.481 e. The Balaban J connectivity index is 1.37. The Labute approximate surface area is 167 Å². The van der Waals surface area contributed by atoms with E-state index >= 15 is 0 Å². The van der Waals surface area contributed by atoms with Crippen LogP contribution in [0.4, 0.5) is 4.79 Å². The Hall–Kier alpha value is -2.08. The fourth-order valence-electron chi connectivity index (χ4n) is 4.22. The quantitative estimate of drug-likeness (QED) is 0.698. The summed E-state index contributed by atoms with van der Waals surface area (Å²) < 4.78 is 0. The third-order valence-corrected chi connectivity index (χ3v) is 5.99. The molecule has 2 fully saturated rings. The Morgan fingerprint density at radius 3 is 2.14 bits per heavy atom. The predicted octanol–water partition coefficient (Wildman–Crippen LogP) is 3.51. The third-order valence-electron chi connectivity index (χ3n) is 5.99. The number of carboxylic acid groups (broad SMARTS) is 1. The predicted molar refractivity (Wildman–Crippen MR) is 109 cm³/mol. The van der Waals surface area contributed by atoms with Crippen molar-refractivity contribution in [2.75, 3.05) is 13.1 Å². The number of hydrogen-bond donors (Lipinski definition) is 3. The number of hydrogen-bond acceptors (Lipinski definition) is 3. The summed E-state index contributed by atoms with van der Waals surface area (Å²) in [4.78, 5) is 25.6. The van der Waals surface area contributed by atoms with Gasteiger partial charge in [0.25, 0.3) is 0 Å². The molecule has 0 unspecified atom stereocenters. The number of likely N-dealkylation sites (tertiary alicyclic amines) is 1. The molecule has 1 saturated carbocycles. The first-order valence-electron chi connectivity index (χ1n) is 10.7. The average Bonchev–Trinajstić information content (AvgIpc) is 2.96. The minimum atomic E-state index is -0.720. The van der Waals surface area contributed by atoms with Crippen molar-refractivity contribution in [3.8, 4) is 0 Å². The molecule has 3 rings (SSSR count). The van der Waals surface area contributed by atoms with Crippen LogP contribution in [0.15, 0.2) is 24.3 Å². The van der Waals surface area contributed by atoms with E-state index in [4.69, 9.17) is 5.11 Å². The normalized spacial score (nSPS) is 23.6. The van der Waals surface area contributed by atoms with Gasteiger partial charge in [0.1, 0.15) is 0 Å². The maximum absolute atomic E-state index is 12.1. The molecule has 1 aliphatic heterocycles. The topological polar surface area (TPSA) is 81.7 Å². The molecule has 28 heavy (non-hydrogen) atoms. The molecule has 154 valence electrons. The molecule has 1 aromatic carbocycles. The Kier molecular flexibility index (Phi) is 7.71. The van der Waals surface area contributed by atoms with Gasteiger partial charge in [0.15, 0.2) is 0 Å². The molecule has 1 saturated heterocycles. The molecular formula is C22H33N3O3. The summed E-state index contributed by atoms with van der Waals surface area (Å²) in [5.41, 5.74) is 2.41. The molecule has 2 amide bonds. The van der Waals surface area contributed by atoms with E-state index in [1.807, 2.05) is 0 Å². The van der Waals surface area contributed by atoms with Gasteiger partial charge in [-0.1, -0.05) is 37.1 Å². The number of carbonyl (C=O) groups is 2. The molecule has 1 heterocycles. The van der Waals surface area contributed by atoms with Crippen molar-refractivity contribution in [3.05, 3.63) is 35.4 Å². The molecule has 0 radical (unpaired) electrons. The number of nitrogens with one attached hydrogen (secondary N) is 2. The first-order chi connectivity index (χ1) is 13.6. The van der Waals surface area contributed by atoms with Crippen LogP contribution in [0.5, 0.6) is 0 Å². The minimum Gasteiger partial charge on any atom is -0.481 e. The summed E-state index contributed by atoms with van der Waals surface area (Å²) in [6, 6.07) is 8.40. The maximum atomic E-state index is 12.1. The van der Waals surface area contributed by atoms with Crippen LogP contribution in [0.3, 0.4) is 0 Å². The lowest BCUT2D eigenvalue weighted by molar-refractivity contribution is -0.142. The van der Waals surface area contributed by atoms with E-state index in [0.717, 1.165) is 24.9 Å². The lowest BCUT2D eigenvalue weighted by atomic mass is 9.86. The number of benzene rings is 1. The molecular weight excluding hydrogens is 354 g/mol. The van der Waals surface area contributed by atoms with Gasteiger partial charge < -0.3 is 15.7 Å². The molecule has 1 aromatic rings. The van der Waals surface area contributed by atoms with Crippen LogP contribution in [0.1, 0.15) is 62.5 Å². The van der Waals surface area contributed by atoms with Gasteiger partial charge in [-0.2, -0.15) is 0 Å². The van der Waals surface area contributed by atoms with Gasteiger partial charge in [0, 0.05) is 19.1 Å². The van der Waals surface area contributed by atoms with Crippen molar-refractivity contribution in [3.63, 3.8) is 0 Å². The molecule has 3 N–H and O–H groups in total. The first-order valence-corrected chi connectivity index (χ1v) is 10.7. The van der Waals surface area contributed by atoms with Crippen LogP contribution in [-0.4, -0.2) is 41.1 Å². The zero-order chi connectivity index (χ0) is 19.8. The van der Waals surface area contributed by atoms with E-state index in [1.54, 1.807) is 0 Å². The number of carboxylic acids is 1. The highest BCUT2D eigenvalue weighted by atomic mass is 16.4. The lowest BCUT2D eigenvalue weighted by Gasteiger charge is -2.26. The maximum Gasteiger partial charge on any atom is 0.315 e. The summed E-state index contributed by atoms with van der Waals surface area (Å²) >= 11 is 0. The van der Waals surface area contributed by atoms with Gasteiger partial charge in [0.2, 0.25) is 0 Å². The number of urea groups is 1. The van der Waals surface area contributed by atoms with Gasteiger partial charge in [-0.25, -0.2) is 4.79 Å². The molecule has 0 aromatic heterocycles. The number of nitrogens with zero attached hydrogens (tertiary/aromatic N) is 1. The van der Waals surface area contributed by atoms with Gasteiger partial charge in [-0.3, -0.25) is 9.69 Å². The van der Waals surface area contributed by atoms with E-state index in [2.05, 4.69) is 39.8 Å². The van der Waals surface area contributed by atoms with Gasteiger partial charge in [-0.15, -0.1) is 0 Å². The summed E-state index contributed by atoms with van der Waals surface area (Å²) in [5, 5.41) is 14.9. The number of amides is 2. The summed E-state index contributed by atoms with van der Waals surface area (Å²) in [6.45, 7) is 3.89. The molecule has 0 spiro atoms. The second-order valence-corrected chi connectivity index (χ2v) is 8.22. The van der Waals surface area contributed by atoms with Crippen molar-refractivity contribution in [1.29, 1.82) is 0 Å². The van der Waals surface area contributed by atoms with Gasteiger partial charge in [0.05, 0.1) is 5.92 Å². The first kappa shape index (κ1) is 20.6. The minimum absolute atomic E-state index is 0.0756. The van der Waals surface area contributed by atoms with Crippen LogP contribution >= 0.6 is 0 Å². The van der Waals surface area contributed by atoms with E-state index in [-0.39, 0.29) is 18.0 Å². The van der Waals surface area contributed by atoms with E-state index in [0.29, 0.717) is 19.4 Å². The highest BCUT2D eigenvalue weighted by molar-refractivity contribution is 5.74. The van der Waals surface area contributed by atoms with Gasteiger partial charge >= 0.3 is 12.0 Å². The second kappa shape index (κ2) is 10.5. The lowest BCUT2D eigenvalue weighted by Crippen LogP contribution is -2.43. The Bertz CT molecular complexity index is 631. The van der Waals surface area contributed by atoms with Crippen molar-refractivity contribution in [1.82, 2.24) is 15.5 Å². The SMILES string of the molecule is O=C(NCc1ccc(CN2CCCCCC2)cc1)NC1CCC(C(=O)O)CC1. The number of aliphatic carboxylic acids is 1. The summed E-state index contributed by atoms with van der Waals surface area (Å²) in [5.74, 6) is -0.976. The van der Waals surface area contributed by atoms with E-state index in [1.165, 1.54) is 44.3 Å². The molecule has 2 aliphatic rings. The van der Waals surface area contributed by atoms with Crippen molar-refractivity contribution >= 4 is 12.0 Å².